The predicted octanol–water partition coefficient (Wildman–Crippen LogP) is 3.72. The number of halogens is 2. The minimum absolute atomic E-state index is 0. The van der Waals surface area contributed by atoms with Gasteiger partial charge in [-0.05, 0) is 69.3 Å². The van der Waals surface area contributed by atoms with Gasteiger partial charge in [-0.25, -0.2) is 4.39 Å². The molecule has 2 heterocycles. The third-order valence-electron chi connectivity index (χ3n) is 4.23. The van der Waals surface area contributed by atoms with Crippen molar-refractivity contribution in [2.24, 2.45) is 0 Å². The molecule has 3 rings (SSSR count). The predicted molar refractivity (Wildman–Crippen MR) is 93.0 cm³/mol. The number of furan rings is 1. The third-order valence-corrected chi connectivity index (χ3v) is 4.23. The lowest BCUT2D eigenvalue weighted by Crippen LogP contribution is -2.36. The number of nitrogens with zero attached hydrogens (tertiary/aromatic N) is 1. The first-order chi connectivity index (χ1) is 11.1. The van der Waals surface area contributed by atoms with E-state index >= 15 is 0 Å². The van der Waals surface area contributed by atoms with Gasteiger partial charge in [-0.3, -0.25) is 9.69 Å². The summed E-state index contributed by atoms with van der Waals surface area (Å²) in [7, 11) is 0. The molecule has 0 saturated carbocycles. The van der Waals surface area contributed by atoms with Gasteiger partial charge in [0.25, 0.3) is 5.91 Å². The van der Waals surface area contributed by atoms with E-state index in [1.807, 2.05) is 19.1 Å². The highest BCUT2D eigenvalue weighted by molar-refractivity contribution is 5.94. The van der Waals surface area contributed by atoms with Gasteiger partial charge in [-0.15, -0.1) is 12.4 Å². The summed E-state index contributed by atoms with van der Waals surface area (Å²) in [5.41, 5.74) is 0.460. The second kappa shape index (κ2) is 8.31. The number of carbonyl (C=O) groups excluding carboxylic acids is 1. The van der Waals surface area contributed by atoms with E-state index < -0.39 is 0 Å². The number of carbonyl (C=O) groups is 1. The molecule has 0 aliphatic carbocycles. The summed E-state index contributed by atoms with van der Waals surface area (Å²) in [5.74, 6) is 1.21. The average Bonchev–Trinajstić information content (AvgIpc) is 3.20. The van der Waals surface area contributed by atoms with Gasteiger partial charge in [0.1, 0.15) is 17.3 Å². The Balaban J connectivity index is 0.00000208. The Labute approximate surface area is 147 Å². The fraction of sp³-hybridized carbons (Fsp3) is 0.389. The van der Waals surface area contributed by atoms with Crippen LogP contribution in [0.1, 0.15) is 40.8 Å². The number of amides is 1. The van der Waals surface area contributed by atoms with E-state index in [-0.39, 0.29) is 30.2 Å². The van der Waals surface area contributed by atoms with Gasteiger partial charge in [-0.1, -0.05) is 0 Å². The molecule has 0 bridgehead atoms. The minimum Gasteiger partial charge on any atom is -0.465 e. The molecule has 1 atom stereocenters. The molecule has 6 heteroatoms. The highest BCUT2D eigenvalue weighted by Crippen LogP contribution is 2.26. The number of hydrogen-bond acceptors (Lipinski definition) is 3. The van der Waals surface area contributed by atoms with Gasteiger partial charge >= 0.3 is 0 Å². The van der Waals surface area contributed by atoms with Crippen molar-refractivity contribution in [3.05, 3.63) is 59.3 Å². The van der Waals surface area contributed by atoms with Gasteiger partial charge in [0.2, 0.25) is 0 Å². The van der Waals surface area contributed by atoms with Crippen molar-refractivity contribution in [1.29, 1.82) is 0 Å². The lowest BCUT2D eigenvalue weighted by Gasteiger charge is -2.26. The normalized spacial score (nSPS) is 15.8. The lowest BCUT2D eigenvalue weighted by atomic mass is 10.1. The SMILES string of the molecule is Cc1ccc(C(CNC(=O)c2ccc(F)cc2)N2CCCC2)o1.Cl. The van der Waals surface area contributed by atoms with E-state index in [4.69, 9.17) is 4.42 Å². The van der Waals surface area contributed by atoms with Crippen LogP contribution in [0.15, 0.2) is 40.8 Å². The van der Waals surface area contributed by atoms with Gasteiger partial charge in [0.15, 0.2) is 0 Å². The van der Waals surface area contributed by atoms with Crippen molar-refractivity contribution in [1.82, 2.24) is 10.2 Å². The largest absolute Gasteiger partial charge is 0.465 e. The monoisotopic (exact) mass is 352 g/mol. The molecule has 130 valence electrons. The summed E-state index contributed by atoms with van der Waals surface area (Å²) in [4.78, 5) is 14.6. The maximum absolute atomic E-state index is 12.9. The second-order valence-electron chi connectivity index (χ2n) is 5.92. The van der Waals surface area contributed by atoms with Crippen molar-refractivity contribution >= 4 is 18.3 Å². The highest BCUT2D eigenvalue weighted by atomic mass is 35.5. The topological polar surface area (TPSA) is 45.5 Å². The molecular weight excluding hydrogens is 331 g/mol. The Kier molecular flexibility index (Phi) is 6.40. The van der Waals surface area contributed by atoms with Crippen LogP contribution in [0.3, 0.4) is 0 Å². The molecule has 0 spiro atoms. The summed E-state index contributed by atoms with van der Waals surface area (Å²) in [6.45, 7) is 4.42. The summed E-state index contributed by atoms with van der Waals surface area (Å²) in [5, 5.41) is 2.94. The molecule has 1 aliphatic heterocycles. The van der Waals surface area contributed by atoms with E-state index in [0.29, 0.717) is 12.1 Å². The van der Waals surface area contributed by atoms with Gasteiger partial charge in [0.05, 0.1) is 6.04 Å². The van der Waals surface area contributed by atoms with Crippen LogP contribution in [-0.2, 0) is 0 Å². The van der Waals surface area contributed by atoms with Crippen LogP contribution in [0.2, 0.25) is 0 Å². The summed E-state index contributed by atoms with van der Waals surface area (Å²) in [6.07, 6.45) is 2.34. The van der Waals surface area contributed by atoms with Gasteiger partial charge < -0.3 is 9.73 Å². The van der Waals surface area contributed by atoms with Crippen LogP contribution in [-0.4, -0.2) is 30.4 Å². The Morgan fingerprint density at radius 2 is 1.88 bits per heavy atom. The molecule has 0 radical (unpaired) electrons. The number of aryl methyl sites for hydroxylation is 1. The first-order valence-corrected chi connectivity index (χ1v) is 7.97. The Hall–Kier alpha value is -1.85. The molecule has 4 nitrogen and oxygen atoms in total. The maximum atomic E-state index is 12.9. The van der Waals surface area contributed by atoms with Crippen LogP contribution < -0.4 is 5.32 Å². The molecular formula is C18H22ClFN2O2. The van der Waals surface area contributed by atoms with Crippen LogP contribution >= 0.6 is 12.4 Å². The quantitative estimate of drug-likeness (QED) is 0.892. The molecule has 1 aromatic carbocycles. The first-order valence-electron chi connectivity index (χ1n) is 7.97. The molecule has 2 aromatic rings. The third kappa shape index (κ3) is 4.36. The minimum atomic E-state index is -0.345. The number of rotatable bonds is 5. The van der Waals surface area contributed by atoms with Crippen molar-refractivity contribution in [3.63, 3.8) is 0 Å². The molecule has 1 amide bonds. The standard InChI is InChI=1S/C18H21FN2O2.ClH/c1-13-4-9-17(23-13)16(21-10-2-3-11-21)12-20-18(22)14-5-7-15(19)8-6-14;/h4-9,16H,2-3,10-12H2,1H3,(H,20,22);1H. The maximum Gasteiger partial charge on any atom is 0.251 e. The van der Waals surface area contributed by atoms with E-state index in [9.17, 15) is 9.18 Å². The lowest BCUT2D eigenvalue weighted by molar-refractivity contribution is 0.0933. The zero-order chi connectivity index (χ0) is 16.2. The van der Waals surface area contributed by atoms with E-state index in [2.05, 4.69) is 10.2 Å². The molecule has 1 unspecified atom stereocenters. The average molecular weight is 353 g/mol. The van der Waals surface area contributed by atoms with Crippen molar-refractivity contribution in [3.8, 4) is 0 Å². The number of benzene rings is 1. The smallest absolute Gasteiger partial charge is 0.251 e. The Morgan fingerprint density at radius 3 is 2.46 bits per heavy atom. The van der Waals surface area contributed by atoms with Crippen LogP contribution in [0.25, 0.3) is 0 Å². The molecule has 1 aromatic heterocycles. The van der Waals surface area contributed by atoms with E-state index in [0.717, 1.165) is 24.6 Å². The van der Waals surface area contributed by atoms with Crippen molar-refractivity contribution in [2.45, 2.75) is 25.8 Å². The van der Waals surface area contributed by atoms with Gasteiger partial charge in [-0.2, -0.15) is 0 Å². The first kappa shape index (κ1) is 18.5. The molecule has 24 heavy (non-hydrogen) atoms. The number of hydrogen-bond donors (Lipinski definition) is 1. The number of nitrogens with one attached hydrogen (secondary N) is 1. The molecule has 1 aliphatic rings. The van der Waals surface area contributed by atoms with E-state index in [1.54, 1.807) is 0 Å². The van der Waals surface area contributed by atoms with Crippen LogP contribution in [0.5, 0.6) is 0 Å². The van der Waals surface area contributed by atoms with Crippen LogP contribution in [0, 0.1) is 12.7 Å². The molecule has 1 fully saturated rings. The summed E-state index contributed by atoms with van der Waals surface area (Å²) >= 11 is 0. The zero-order valence-corrected chi connectivity index (χ0v) is 14.4. The zero-order valence-electron chi connectivity index (χ0n) is 13.6. The van der Waals surface area contributed by atoms with Gasteiger partial charge in [0, 0.05) is 12.1 Å². The van der Waals surface area contributed by atoms with Crippen molar-refractivity contribution in [2.75, 3.05) is 19.6 Å². The number of likely N-dealkylation sites (tertiary alicyclic amines) is 1. The Morgan fingerprint density at radius 1 is 1.21 bits per heavy atom. The summed E-state index contributed by atoms with van der Waals surface area (Å²) < 4.78 is 18.7. The highest BCUT2D eigenvalue weighted by Gasteiger charge is 2.26. The van der Waals surface area contributed by atoms with Crippen LogP contribution in [0.4, 0.5) is 4.39 Å². The fourth-order valence-electron chi connectivity index (χ4n) is 2.99. The molecule has 1 N–H and O–H groups in total. The molecule has 1 saturated heterocycles. The van der Waals surface area contributed by atoms with E-state index in [1.165, 1.54) is 37.1 Å². The fourth-order valence-corrected chi connectivity index (χ4v) is 2.99. The van der Waals surface area contributed by atoms with Crippen molar-refractivity contribution < 1.29 is 13.6 Å². The Bertz CT molecular complexity index is 666. The second-order valence-corrected chi connectivity index (χ2v) is 5.92. The summed E-state index contributed by atoms with van der Waals surface area (Å²) in [6, 6.07) is 9.53.